The average molecular weight is 250 g/mol. The molecule has 2 heterocycles. The van der Waals surface area contributed by atoms with Crippen LogP contribution in [0.1, 0.15) is 12.7 Å². The molecule has 0 aliphatic rings. The first-order valence-electron chi connectivity index (χ1n) is 4.96. The number of thiophene rings is 1. The number of carbonyl (C=O) groups is 1. The van der Waals surface area contributed by atoms with E-state index in [1.165, 1.54) is 17.4 Å². The quantitative estimate of drug-likeness (QED) is 0.663. The van der Waals surface area contributed by atoms with Gasteiger partial charge in [0.05, 0.1) is 5.52 Å². The third-order valence-corrected chi connectivity index (χ3v) is 2.92. The molecule has 2 aromatic heterocycles. The van der Waals surface area contributed by atoms with E-state index in [1.807, 2.05) is 0 Å². The molecule has 0 bridgehead atoms. The fraction of sp³-hybridized carbons (Fsp3) is 0.182. The highest BCUT2D eigenvalue weighted by Crippen LogP contribution is 2.13. The van der Waals surface area contributed by atoms with Gasteiger partial charge in [0.1, 0.15) is 17.1 Å². The Morgan fingerprint density at radius 1 is 1.65 bits per heavy atom. The van der Waals surface area contributed by atoms with Crippen LogP contribution >= 0.6 is 11.3 Å². The van der Waals surface area contributed by atoms with Gasteiger partial charge in [-0.1, -0.05) is 6.08 Å². The molecule has 1 N–H and O–H groups in total. The molecule has 6 heteroatoms. The van der Waals surface area contributed by atoms with Crippen molar-refractivity contribution in [2.24, 2.45) is 0 Å². The van der Waals surface area contributed by atoms with E-state index in [-0.39, 0.29) is 12.2 Å². The molecule has 0 aliphatic carbocycles. The van der Waals surface area contributed by atoms with Crippen LogP contribution in [0.3, 0.4) is 0 Å². The lowest BCUT2D eigenvalue weighted by atomic mass is 10.4. The van der Waals surface area contributed by atoms with Gasteiger partial charge in [-0.15, -0.1) is 11.3 Å². The van der Waals surface area contributed by atoms with Crippen LogP contribution in [-0.4, -0.2) is 15.9 Å². The number of aromatic amines is 1. The number of hydrogen-bond donors (Lipinski definition) is 1. The first-order chi connectivity index (χ1) is 8.20. The molecule has 0 radical (unpaired) electrons. The van der Waals surface area contributed by atoms with Gasteiger partial charge in [0.25, 0.3) is 5.56 Å². The number of ether oxygens (including phenoxy) is 1. The van der Waals surface area contributed by atoms with Crippen molar-refractivity contribution in [1.82, 2.24) is 9.97 Å². The van der Waals surface area contributed by atoms with Gasteiger partial charge in [-0.05, 0) is 18.4 Å². The molecule has 0 aliphatic heterocycles. The van der Waals surface area contributed by atoms with Crippen molar-refractivity contribution in [2.75, 3.05) is 0 Å². The maximum absolute atomic E-state index is 11.6. The molecule has 2 aromatic rings. The van der Waals surface area contributed by atoms with E-state index in [9.17, 15) is 9.59 Å². The topological polar surface area (TPSA) is 72.0 Å². The summed E-state index contributed by atoms with van der Waals surface area (Å²) < 4.78 is 5.47. The second-order valence-electron chi connectivity index (χ2n) is 3.26. The van der Waals surface area contributed by atoms with E-state index in [0.717, 1.165) is 0 Å². The fourth-order valence-corrected chi connectivity index (χ4v) is 2.04. The molecule has 0 amide bonds. The molecule has 0 saturated heterocycles. The number of aromatic nitrogens is 2. The minimum Gasteiger partial charge on any atom is -0.454 e. The highest BCUT2D eigenvalue weighted by molar-refractivity contribution is 7.17. The van der Waals surface area contributed by atoms with Crippen LogP contribution in [0.15, 0.2) is 28.4 Å². The molecule has 0 unspecified atom stereocenters. The number of carbonyl (C=O) groups excluding carboxylic acids is 1. The lowest BCUT2D eigenvalue weighted by Crippen LogP contribution is -2.12. The summed E-state index contributed by atoms with van der Waals surface area (Å²) in [5.74, 6) is -0.112. The van der Waals surface area contributed by atoms with E-state index in [4.69, 9.17) is 4.74 Å². The summed E-state index contributed by atoms with van der Waals surface area (Å²) in [6, 6.07) is 1.76. The third-order valence-electron chi connectivity index (χ3n) is 2.02. The number of allylic oxidation sites excluding steroid dienone is 1. The maximum Gasteiger partial charge on any atom is 0.330 e. The Kier molecular flexibility index (Phi) is 3.34. The van der Waals surface area contributed by atoms with Crippen LogP contribution in [-0.2, 0) is 16.1 Å². The average Bonchev–Trinajstić information content (AvgIpc) is 2.75. The van der Waals surface area contributed by atoms with Crippen LogP contribution in [0.5, 0.6) is 0 Å². The molecule has 5 nitrogen and oxygen atoms in total. The third kappa shape index (κ3) is 2.59. The Labute approximate surface area is 101 Å². The molecule has 88 valence electrons. The van der Waals surface area contributed by atoms with Crippen LogP contribution in [0.4, 0.5) is 0 Å². The standard InChI is InChI=1S/C11H10N2O3S/c1-2-3-9(14)16-6-8-12-7-4-5-17-10(7)11(15)13-8/h2-5H,6H2,1H3,(H,12,13,15)/b3-2+. The molecule has 17 heavy (non-hydrogen) atoms. The van der Waals surface area contributed by atoms with Gasteiger partial charge in [0, 0.05) is 6.08 Å². The van der Waals surface area contributed by atoms with Crippen molar-refractivity contribution >= 4 is 27.5 Å². The molecule has 0 saturated carbocycles. The van der Waals surface area contributed by atoms with Gasteiger partial charge in [-0.3, -0.25) is 4.79 Å². The number of hydrogen-bond acceptors (Lipinski definition) is 5. The lowest BCUT2D eigenvalue weighted by molar-refractivity contribution is -0.139. The second kappa shape index (κ2) is 4.92. The van der Waals surface area contributed by atoms with Crippen molar-refractivity contribution in [3.8, 4) is 0 Å². The predicted octanol–water partition coefficient (Wildman–Crippen LogP) is 1.60. The van der Waals surface area contributed by atoms with E-state index in [1.54, 1.807) is 24.4 Å². The highest BCUT2D eigenvalue weighted by atomic mass is 32.1. The number of H-pyrrole nitrogens is 1. The summed E-state index contributed by atoms with van der Waals surface area (Å²) in [4.78, 5) is 29.4. The zero-order chi connectivity index (χ0) is 12.3. The molecule has 0 atom stereocenters. The Morgan fingerprint density at radius 3 is 3.24 bits per heavy atom. The van der Waals surface area contributed by atoms with Crippen molar-refractivity contribution in [1.29, 1.82) is 0 Å². The Hall–Kier alpha value is -1.95. The molecule has 0 aromatic carbocycles. The Bertz CT molecular complexity index is 627. The number of rotatable bonds is 3. The van der Waals surface area contributed by atoms with Gasteiger partial charge in [-0.25, -0.2) is 9.78 Å². The molecule has 2 rings (SSSR count). The van der Waals surface area contributed by atoms with Crippen molar-refractivity contribution in [3.05, 3.63) is 39.8 Å². The van der Waals surface area contributed by atoms with Crippen LogP contribution in [0, 0.1) is 0 Å². The summed E-state index contributed by atoms with van der Waals surface area (Å²) in [5, 5.41) is 1.79. The van der Waals surface area contributed by atoms with Crippen molar-refractivity contribution < 1.29 is 9.53 Å². The largest absolute Gasteiger partial charge is 0.454 e. The van der Waals surface area contributed by atoms with Crippen LogP contribution in [0.2, 0.25) is 0 Å². The summed E-state index contributed by atoms with van der Waals surface area (Å²) in [6.07, 6.45) is 2.89. The summed E-state index contributed by atoms with van der Waals surface area (Å²) >= 11 is 1.33. The van der Waals surface area contributed by atoms with Gasteiger partial charge in [-0.2, -0.15) is 0 Å². The Morgan fingerprint density at radius 2 is 2.47 bits per heavy atom. The molecule has 0 spiro atoms. The summed E-state index contributed by atoms with van der Waals surface area (Å²) in [6.45, 7) is 1.68. The van der Waals surface area contributed by atoms with Gasteiger partial charge in [0.2, 0.25) is 0 Å². The first-order valence-corrected chi connectivity index (χ1v) is 5.84. The summed E-state index contributed by atoms with van der Waals surface area (Å²) in [7, 11) is 0. The molecule has 0 fully saturated rings. The van der Waals surface area contributed by atoms with E-state index >= 15 is 0 Å². The van der Waals surface area contributed by atoms with E-state index in [2.05, 4.69) is 9.97 Å². The van der Waals surface area contributed by atoms with Crippen LogP contribution in [0.25, 0.3) is 10.2 Å². The van der Waals surface area contributed by atoms with E-state index in [0.29, 0.717) is 16.0 Å². The zero-order valence-electron chi connectivity index (χ0n) is 9.10. The number of esters is 1. The SMILES string of the molecule is C/C=C/C(=O)OCc1nc2ccsc2c(=O)[nH]1. The lowest BCUT2D eigenvalue weighted by Gasteiger charge is -2.01. The second-order valence-corrected chi connectivity index (χ2v) is 4.17. The van der Waals surface area contributed by atoms with Gasteiger partial charge >= 0.3 is 5.97 Å². The minimum absolute atomic E-state index is 0.0375. The van der Waals surface area contributed by atoms with Gasteiger partial charge in [0.15, 0.2) is 0 Å². The number of fused-ring (bicyclic) bond motifs is 1. The number of nitrogens with zero attached hydrogens (tertiary/aromatic N) is 1. The smallest absolute Gasteiger partial charge is 0.330 e. The maximum atomic E-state index is 11.6. The molecular weight excluding hydrogens is 240 g/mol. The first kappa shape index (κ1) is 11.5. The van der Waals surface area contributed by atoms with E-state index < -0.39 is 5.97 Å². The predicted molar refractivity (Wildman–Crippen MR) is 64.9 cm³/mol. The monoisotopic (exact) mass is 250 g/mol. The van der Waals surface area contributed by atoms with Crippen molar-refractivity contribution in [3.63, 3.8) is 0 Å². The summed E-state index contributed by atoms with van der Waals surface area (Å²) in [5.41, 5.74) is 0.415. The highest BCUT2D eigenvalue weighted by Gasteiger charge is 2.06. The fourth-order valence-electron chi connectivity index (χ4n) is 1.31. The normalized spacial score (nSPS) is 11.1. The zero-order valence-corrected chi connectivity index (χ0v) is 9.91. The Balaban J connectivity index is 2.19. The molecular formula is C11H10N2O3S. The minimum atomic E-state index is -0.458. The van der Waals surface area contributed by atoms with Crippen molar-refractivity contribution in [2.45, 2.75) is 13.5 Å². The van der Waals surface area contributed by atoms with Gasteiger partial charge < -0.3 is 9.72 Å². The van der Waals surface area contributed by atoms with Crippen LogP contribution < -0.4 is 5.56 Å². The number of nitrogens with one attached hydrogen (secondary N) is 1.